The van der Waals surface area contributed by atoms with Gasteiger partial charge in [-0.2, -0.15) is 0 Å². The number of likely N-dealkylation sites (N-methyl/N-ethyl adjacent to an activating group) is 3. The lowest BCUT2D eigenvalue weighted by Crippen LogP contribution is -2.60. The Bertz CT molecular complexity index is 364. The number of hydrogen-bond acceptors (Lipinski definition) is 6. The van der Waals surface area contributed by atoms with Gasteiger partial charge in [-0.1, -0.05) is 0 Å². The molecule has 0 saturated heterocycles. The fraction of sp³-hybridized carbons (Fsp3) is 1.00. The Morgan fingerprint density at radius 3 is 0.885 bits per heavy atom. The van der Waals surface area contributed by atoms with Crippen LogP contribution in [0.4, 0.5) is 0 Å². The fourth-order valence-corrected chi connectivity index (χ4v) is 7.28. The van der Waals surface area contributed by atoms with Gasteiger partial charge in [0.1, 0.15) is 0 Å². The lowest BCUT2D eigenvalue weighted by molar-refractivity contribution is -0.0954. The van der Waals surface area contributed by atoms with Gasteiger partial charge in [0.05, 0.1) is 16.8 Å². The Hall–Kier alpha value is -0.0231. The first kappa shape index (κ1) is 26.0. The summed E-state index contributed by atoms with van der Waals surface area (Å²) in [6, 6.07) is 0. The molecule has 6 nitrogen and oxygen atoms in total. The molecule has 0 aliphatic rings. The Morgan fingerprint density at radius 2 is 0.731 bits per heavy atom. The molecule has 0 aromatic carbocycles. The van der Waals surface area contributed by atoms with E-state index in [1.165, 1.54) is 0 Å². The molecule has 0 spiro atoms. The van der Waals surface area contributed by atoms with Crippen LogP contribution in [0.1, 0.15) is 41.5 Å². The molecule has 0 aromatic rings. The zero-order chi connectivity index (χ0) is 21.0. The summed E-state index contributed by atoms with van der Waals surface area (Å²) in [6.07, 6.45) is 0. The van der Waals surface area contributed by atoms with Crippen LogP contribution in [0, 0.1) is 0 Å². The first-order chi connectivity index (χ1) is 11.4. The molecule has 0 atom stereocenters. The molecule has 0 bridgehead atoms. The number of hydrogen-bond donors (Lipinski definition) is 0. The van der Waals surface area contributed by atoms with E-state index in [4.69, 9.17) is 13.3 Å². The molecular weight excluding hydrogens is 346 g/mol. The van der Waals surface area contributed by atoms with Crippen molar-refractivity contribution in [3.63, 3.8) is 0 Å². The molecule has 0 N–H and O–H groups in total. The molecule has 0 aliphatic carbocycles. The molecular formula is C19H45N3O3Si. The third-order valence-electron chi connectivity index (χ3n) is 3.48. The van der Waals surface area contributed by atoms with Gasteiger partial charge in [-0.15, -0.1) is 0 Å². The molecule has 7 heteroatoms. The summed E-state index contributed by atoms with van der Waals surface area (Å²) < 4.78 is 19.8. The van der Waals surface area contributed by atoms with Crippen LogP contribution in [0.3, 0.4) is 0 Å². The maximum Gasteiger partial charge on any atom is 0.499 e. The largest absolute Gasteiger partial charge is 0.499 e. The van der Waals surface area contributed by atoms with E-state index in [9.17, 15) is 0 Å². The molecule has 0 amide bonds. The number of rotatable bonds is 12. The summed E-state index contributed by atoms with van der Waals surface area (Å²) in [5.74, 6) is 0. The van der Waals surface area contributed by atoms with Crippen LogP contribution in [-0.4, -0.2) is 102 Å². The zero-order valence-electron chi connectivity index (χ0n) is 19.7. The van der Waals surface area contributed by atoms with Crippen LogP contribution in [0.25, 0.3) is 0 Å². The minimum atomic E-state index is -2.94. The summed E-state index contributed by atoms with van der Waals surface area (Å²) in [5.41, 5.74) is -1.10. The highest BCUT2D eigenvalue weighted by Crippen LogP contribution is 2.30. The van der Waals surface area contributed by atoms with E-state index in [2.05, 4.69) is 98.5 Å². The van der Waals surface area contributed by atoms with E-state index in [-0.39, 0.29) is 16.8 Å². The maximum atomic E-state index is 6.59. The van der Waals surface area contributed by atoms with Gasteiger partial charge in [-0.05, 0) is 83.8 Å². The Labute approximate surface area is 164 Å². The average molecular weight is 392 g/mol. The van der Waals surface area contributed by atoms with E-state index in [0.29, 0.717) is 0 Å². The van der Waals surface area contributed by atoms with Gasteiger partial charge in [0, 0.05) is 26.2 Å². The Balaban J connectivity index is 5.56. The van der Waals surface area contributed by atoms with Crippen LogP contribution >= 0.6 is 0 Å². The minimum absolute atomic E-state index is 0.368. The summed E-state index contributed by atoms with van der Waals surface area (Å²) in [7, 11) is 9.38. The van der Waals surface area contributed by atoms with Crippen LogP contribution in [-0.2, 0) is 13.3 Å². The number of nitrogens with zero attached hydrogens (tertiary/aromatic N) is 3. The molecule has 0 rings (SSSR count). The van der Waals surface area contributed by atoms with Crippen molar-refractivity contribution in [1.82, 2.24) is 14.7 Å². The van der Waals surface area contributed by atoms with E-state index >= 15 is 0 Å². The maximum absolute atomic E-state index is 6.59. The molecule has 0 radical (unpaired) electrons. The summed E-state index contributed by atoms with van der Waals surface area (Å²) in [5, 5.41) is 0. The lowest BCUT2D eigenvalue weighted by Gasteiger charge is -2.45. The van der Waals surface area contributed by atoms with Crippen molar-refractivity contribution in [1.29, 1.82) is 0 Å². The monoisotopic (exact) mass is 391 g/mol. The van der Waals surface area contributed by atoms with Gasteiger partial charge in [0.15, 0.2) is 0 Å². The van der Waals surface area contributed by atoms with Gasteiger partial charge < -0.3 is 28.0 Å². The van der Waals surface area contributed by atoms with Crippen molar-refractivity contribution in [3.05, 3.63) is 0 Å². The predicted octanol–water partition coefficient (Wildman–Crippen LogP) is 2.63. The van der Waals surface area contributed by atoms with E-state index in [1.807, 2.05) is 6.55 Å². The normalized spacial score (nSPS) is 14.8. The van der Waals surface area contributed by atoms with Gasteiger partial charge >= 0.3 is 8.80 Å². The van der Waals surface area contributed by atoms with Crippen LogP contribution in [0.5, 0.6) is 0 Å². The second-order valence-corrected chi connectivity index (χ2v) is 12.5. The van der Waals surface area contributed by atoms with E-state index < -0.39 is 8.80 Å². The third kappa shape index (κ3) is 11.6. The first-order valence-corrected chi connectivity index (χ1v) is 11.6. The van der Waals surface area contributed by atoms with Crippen LogP contribution in [0.2, 0.25) is 6.55 Å². The predicted molar refractivity (Wildman–Crippen MR) is 113 cm³/mol. The van der Waals surface area contributed by atoms with Gasteiger partial charge in [0.25, 0.3) is 0 Å². The molecule has 26 heavy (non-hydrogen) atoms. The van der Waals surface area contributed by atoms with Crippen molar-refractivity contribution < 1.29 is 13.3 Å². The van der Waals surface area contributed by atoms with E-state index in [1.54, 1.807) is 0 Å². The molecule has 0 fully saturated rings. The van der Waals surface area contributed by atoms with Gasteiger partial charge in [0.2, 0.25) is 0 Å². The second kappa shape index (κ2) is 9.45. The fourth-order valence-electron chi connectivity index (χ4n) is 3.95. The SMILES string of the molecule is CN(C)CC(C)(C)O[Si](C)(OC(C)(C)CN(C)C)OC(C)(C)CN(C)C. The second-order valence-electron chi connectivity index (χ2n) is 10.2. The summed E-state index contributed by atoms with van der Waals surface area (Å²) in [4.78, 5) is 6.39. The lowest BCUT2D eigenvalue weighted by atomic mass is 10.1. The molecule has 0 unspecified atom stereocenters. The van der Waals surface area contributed by atoms with Gasteiger partial charge in [-0.3, -0.25) is 0 Å². The standard InChI is InChI=1S/C19H45N3O3Si/c1-17(2,14-20(7)8)23-26(13,24-18(3,4)15-21(9)10)25-19(5,6)16-22(11)12/h14-16H2,1-13H3. The molecule has 158 valence electrons. The summed E-state index contributed by atoms with van der Waals surface area (Å²) in [6.45, 7) is 17.0. The molecule has 0 heterocycles. The zero-order valence-corrected chi connectivity index (χ0v) is 20.7. The summed E-state index contributed by atoms with van der Waals surface area (Å²) >= 11 is 0. The highest BCUT2D eigenvalue weighted by molar-refractivity contribution is 6.59. The Kier molecular flexibility index (Phi) is 9.44. The van der Waals surface area contributed by atoms with E-state index in [0.717, 1.165) is 19.6 Å². The van der Waals surface area contributed by atoms with Crippen LogP contribution < -0.4 is 0 Å². The Morgan fingerprint density at radius 1 is 0.538 bits per heavy atom. The third-order valence-corrected chi connectivity index (χ3v) is 6.25. The first-order valence-electron chi connectivity index (χ1n) is 9.42. The smallest absolute Gasteiger partial charge is 0.367 e. The van der Waals surface area contributed by atoms with Crippen molar-refractivity contribution in [2.75, 3.05) is 61.9 Å². The highest BCUT2D eigenvalue weighted by Gasteiger charge is 2.48. The molecule has 0 saturated carbocycles. The van der Waals surface area contributed by atoms with Crippen LogP contribution in [0.15, 0.2) is 0 Å². The van der Waals surface area contributed by atoms with Crippen molar-refractivity contribution in [2.45, 2.75) is 64.9 Å². The quantitative estimate of drug-likeness (QED) is 0.476. The molecule has 0 aliphatic heterocycles. The van der Waals surface area contributed by atoms with Crippen molar-refractivity contribution in [3.8, 4) is 0 Å². The molecule has 0 aromatic heterocycles. The average Bonchev–Trinajstić information content (AvgIpc) is 2.16. The van der Waals surface area contributed by atoms with Gasteiger partial charge in [-0.25, -0.2) is 0 Å². The van der Waals surface area contributed by atoms with Crippen molar-refractivity contribution in [2.24, 2.45) is 0 Å². The topological polar surface area (TPSA) is 37.4 Å². The minimum Gasteiger partial charge on any atom is -0.367 e. The highest BCUT2D eigenvalue weighted by atomic mass is 28.4. The van der Waals surface area contributed by atoms with Crippen molar-refractivity contribution >= 4 is 8.80 Å².